The van der Waals surface area contributed by atoms with Crippen LogP contribution >= 0.6 is 27.5 Å². The van der Waals surface area contributed by atoms with E-state index in [0.717, 1.165) is 5.56 Å². The van der Waals surface area contributed by atoms with Gasteiger partial charge in [0.1, 0.15) is 0 Å². The van der Waals surface area contributed by atoms with Gasteiger partial charge in [0.05, 0.1) is 5.02 Å². The molecular weight excluding hydrogens is 220 g/mol. The first-order valence-electron chi connectivity index (χ1n) is 2.60. The molecule has 0 aliphatic rings. The van der Waals surface area contributed by atoms with Gasteiger partial charge in [0.2, 0.25) is 5.95 Å². The van der Waals surface area contributed by atoms with Gasteiger partial charge < -0.3 is 0 Å². The van der Waals surface area contributed by atoms with Crippen molar-refractivity contribution in [2.75, 3.05) is 0 Å². The van der Waals surface area contributed by atoms with Crippen molar-refractivity contribution in [3.05, 3.63) is 28.8 Å². The van der Waals surface area contributed by atoms with E-state index >= 15 is 0 Å². The highest BCUT2D eigenvalue weighted by atomic mass is 79.9. The van der Waals surface area contributed by atoms with Gasteiger partial charge in [-0.2, -0.15) is 4.39 Å². The molecule has 0 spiro atoms. The molecule has 0 aromatic carbocycles. The second-order valence-corrected chi connectivity index (χ2v) is 2.70. The minimum atomic E-state index is -0.547. The molecule has 0 amide bonds. The van der Waals surface area contributed by atoms with Crippen LogP contribution < -0.4 is 0 Å². The average Bonchev–Trinajstić information content (AvgIpc) is 1.88. The molecule has 1 aromatic heterocycles. The van der Waals surface area contributed by atoms with E-state index in [1.165, 1.54) is 12.3 Å². The van der Waals surface area contributed by atoms with Gasteiger partial charge in [-0.3, -0.25) is 0 Å². The van der Waals surface area contributed by atoms with Crippen molar-refractivity contribution < 1.29 is 4.39 Å². The van der Waals surface area contributed by atoms with Crippen LogP contribution in [0.15, 0.2) is 12.3 Å². The maximum absolute atomic E-state index is 12.3. The fraction of sp³-hybridized carbons (Fsp3) is 0.167. The lowest BCUT2D eigenvalue weighted by Gasteiger charge is -1.96. The second-order valence-electron chi connectivity index (χ2n) is 1.73. The molecule has 0 saturated carbocycles. The SMILES string of the molecule is Fc1cc(Cl)c(CBr)cn1. The molecule has 0 radical (unpaired) electrons. The molecule has 0 aliphatic carbocycles. The molecule has 10 heavy (non-hydrogen) atoms. The summed E-state index contributed by atoms with van der Waals surface area (Å²) in [5.74, 6) is -0.547. The van der Waals surface area contributed by atoms with Crippen LogP contribution in [0.3, 0.4) is 0 Å². The average molecular weight is 224 g/mol. The van der Waals surface area contributed by atoms with Crippen molar-refractivity contribution in [1.82, 2.24) is 4.98 Å². The zero-order chi connectivity index (χ0) is 7.56. The summed E-state index contributed by atoms with van der Waals surface area (Å²) in [6.07, 6.45) is 1.41. The summed E-state index contributed by atoms with van der Waals surface area (Å²) < 4.78 is 12.3. The minimum Gasteiger partial charge on any atom is -0.228 e. The summed E-state index contributed by atoms with van der Waals surface area (Å²) in [5.41, 5.74) is 0.795. The number of nitrogens with zero attached hydrogens (tertiary/aromatic N) is 1. The molecule has 4 heteroatoms. The van der Waals surface area contributed by atoms with E-state index in [1.807, 2.05) is 0 Å². The highest BCUT2D eigenvalue weighted by Crippen LogP contribution is 2.17. The van der Waals surface area contributed by atoms with E-state index in [4.69, 9.17) is 11.6 Å². The van der Waals surface area contributed by atoms with Gasteiger partial charge in [-0.15, -0.1) is 0 Å². The van der Waals surface area contributed by atoms with Gasteiger partial charge in [0, 0.05) is 17.6 Å². The molecule has 0 N–H and O–H groups in total. The Hall–Kier alpha value is -0.150. The summed E-state index contributed by atoms with van der Waals surface area (Å²) >= 11 is 8.81. The van der Waals surface area contributed by atoms with Gasteiger partial charge in [-0.05, 0) is 5.56 Å². The first-order valence-corrected chi connectivity index (χ1v) is 4.10. The van der Waals surface area contributed by atoms with Crippen molar-refractivity contribution in [2.45, 2.75) is 5.33 Å². The van der Waals surface area contributed by atoms with Crippen LogP contribution in [-0.4, -0.2) is 4.98 Å². The van der Waals surface area contributed by atoms with E-state index in [-0.39, 0.29) is 0 Å². The molecule has 0 fully saturated rings. The lowest BCUT2D eigenvalue weighted by Crippen LogP contribution is -1.86. The number of alkyl halides is 1. The molecule has 54 valence electrons. The van der Waals surface area contributed by atoms with Crippen molar-refractivity contribution in [3.63, 3.8) is 0 Å². The third kappa shape index (κ3) is 1.67. The van der Waals surface area contributed by atoms with Gasteiger partial charge in [-0.25, -0.2) is 4.98 Å². The Morgan fingerprint density at radius 1 is 1.70 bits per heavy atom. The molecule has 1 heterocycles. The van der Waals surface area contributed by atoms with Crippen LogP contribution in [0, 0.1) is 5.95 Å². The normalized spacial score (nSPS) is 9.90. The Morgan fingerprint density at radius 2 is 2.40 bits per heavy atom. The predicted molar refractivity (Wildman–Crippen MR) is 41.8 cm³/mol. The van der Waals surface area contributed by atoms with Crippen molar-refractivity contribution >= 4 is 27.5 Å². The first kappa shape index (κ1) is 7.95. The van der Waals surface area contributed by atoms with Gasteiger partial charge >= 0.3 is 0 Å². The number of pyridine rings is 1. The van der Waals surface area contributed by atoms with Crippen LogP contribution in [0.2, 0.25) is 5.02 Å². The number of rotatable bonds is 1. The van der Waals surface area contributed by atoms with E-state index < -0.39 is 5.95 Å². The standard InChI is InChI=1S/C6H4BrClFN/c7-2-4-3-10-6(9)1-5(4)8/h1,3H,2H2. The fourth-order valence-corrected chi connectivity index (χ4v) is 1.35. The van der Waals surface area contributed by atoms with Gasteiger partial charge in [-0.1, -0.05) is 27.5 Å². The quantitative estimate of drug-likeness (QED) is 0.528. The van der Waals surface area contributed by atoms with E-state index in [0.29, 0.717) is 10.4 Å². The Balaban J connectivity index is 3.07. The highest BCUT2D eigenvalue weighted by molar-refractivity contribution is 9.08. The summed E-state index contributed by atoms with van der Waals surface area (Å²) in [5, 5.41) is 1.00. The van der Waals surface area contributed by atoms with Crippen molar-refractivity contribution in [1.29, 1.82) is 0 Å². The van der Waals surface area contributed by atoms with E-state index in [2.05, 4.69) is 20.9 Å². The highest BCUT2D eigenvalue weighted by Gasteiger charge is 1.99. The zero-order valence-corrected chi connectivity index (χ0v) is 7.28. The van der Waals surface area contributed by atoms with Crippen LogP contribution in [0.4, 0.5) is 4.39 Å². The van der Waals surface area contributed by atoms with Crippen molar-refractivity contribution in [2.24, 2.45) is 0 Å². The number of hydrogen-bond donors (Lipinski definition) is 0. The monoisotopic (exact) mass is 223 g/mol. The predicted octanol–water partition coefficient (Wildman–Crippen LogP) is 2.77. The lowest BCUT2D eigenvalue weighted by atomic mass is 10.3. The molecular formula is C6H4BrClFN. The van der Waals surface area contributed by atoms with Crippen molar-refractivity contribution in [3.8, 4) is 0 Å². The lowest BCUT2D eigenvalue weighted by molar-refractivity contribution is 0.583. The molecule has 0 bridgehead atoms. The van der Waals surface area contributed by atoms with Gasteiger partial charge in [0.25, 0.3) is 0 Å². The summed E-state index contributed by atoms with van der Waals surface area (Å²) in [6, 6.07) is 1.19. The number of hydrogen-bond acceptors (Lipinski definition) is 1. The third-order valence-electron chi connectivity index (χ3n) is 1.04. The Kier molecular flexibility index (Phi) is 2.63. The summed E-state index contributed by atoms with van der Waals surface area (Å²) in [7, 11) is 0. The minimum absolute atomic E-state index is 0.407. The summed E-state index contributed by atoms with van der Waals surface area (Å²) in [4.78, 5) is 3.43. The molecule has 0 atom stereocenters. The molecule has 0 unspecified atom stereocenters. The summed E-state index contributed by atoms with van der Waals surface area (Å²) in [6.45, 7) is 0. The molecule has 1 aromatic rings. The van der Waals surface area contributed by atoms with Crippen LogP contribution in [0.1, 0.15) is 5.56 Å². The molecule has 0 aliphatic heterocycles. The third-order valence-corrected chi connectivity index (χ3v) is 2.00. The molecule has 1 rings (SSSR count). The number of aromatic nitrogens is 1. The Morgan fingerprint density at radius 3 is 2.90 bits per heavy atom. The Bertz CT molecular complexity index is 241. The maximum atomic E-state index is 12.3. The number of halogens is 3. The van der Waals surface area contributed by atoms with Gasteiger partial charge in [0.15, 0.2) is 0 Å². The van der Waals surface area contributed by atoms with Crippen LogP contribution in [0.5, 0.6) is 0 Å². The fourth-order valence-electron chi connectivity index (χ4n) is 0.534. The molecule has 1 nitrogen and oxygen atoms in total. The van der Waals surface area contributed by atoms with E-state index in [1.54, 1.807) is 0 Å². The zero-order valence-electron chi connectivity index (χ0n) is 4.94. The maximum Gasteiger partial charge on any atom is 0.214 e. The largest absolute Gasteiger partial charge is 0.228 e. The van der Waals surface area contributed by atoms with Crippen LogP contribution in [0.25, 0.3) is 0 Å². The van der Waals surface area contributed by atoms with E-state index in [9.17, 15) is 4.39 Å². The van der Waals surface area contributed by atoms with Crippen LogP contribution in [-0.2, 0) is 5.33 Å². The second kappa shape index (κ2) is 3.30. The molecule has 0 saturated heterocycles. The first-order chi connectivity index (χ1) is 4.74. The Labute approximate surface area is 71.4 Å². The topological polar surface area (TPSA) is 12.9 Å². The smallest absolute Gasteiger partial charge is 0.214 e.